The van der Waals surface area contributed by atoms with Gasteiger partial charge in [0.15, 0.2) is 6.10 Å². The van der Waals surface area contributed by atoms with Crippen molar-refractivity contribution >= 4 is 46.9 Å². The molecule has 2 saturated heterocycles. The number of alkyl halides is 3. The standard InChI is InChI=1S/C17H22Cl3NO7/c1-9(22)27-12-5-4-11-13(28-11)16(12,24)6-10-7-26-15(2,3)21(10)14(23)25-8-17(18,19)20/h4-5,10-13,24H,6-8H2,1-3H3/t10-,11+,12-,13+,16-/m0/s1. The van der Waals surface area contributed by atoms with E-state index in [1.807, 2.05) is 0 Å². The predicted molar refractivity (Wildman–Crippen MR) is 100 cm³/mol. The maximum Gasteiger partial charge on any atom is 0.412 e. The molecule has 8 nitrogen and oxygen atoms in total. The van der Waals surface area contributed by atoms with Crippen molar-refractivity contribution in [3.05, 3.63) is 12.2 Å². The predicted octanol–water partition coefficient (Wildman–Crippen LogP) is 2.32. The summed E-state index contributed by atoms with van der Waals surface area (Å²) in [5.74, 6) is -0.533. The molecule has 1 N–H and O–H groups in total. The summed E-state index contributed by atoms with van der Waals surface area (Å²) >= 11 is 17.0. The summed E-state index contributed by atoms with van der Waals surface area (Å²) < 4.78 is 19.8. The molecule has 0 radical (unpaired) electrons. The molecule has 5 atom stereocenters. The van der Waals surface area contributed by atoms with Crippen LogP contribution in [0.3, 0.4) is 0 Å². The Labute approximate surface area is 177 Å². The van der Waals surface area contributed by atoms with E-state index in [1.165, 1.54) is 11.8 Å². The van der Waals surface area contributed by atoms with Crippen LogP contribution in [-0.2, 0) is 23.7 Å². The van der Waals surface area contributed by atoms with E-state index >= 15 is 0 Å². The number of fused-ring (bicyclic) bond motifs is 1. The Balaban J connectivity index is 1.78. The van der Waals surface area contributed by atoms with Crippen LogP contribution in [0, 0.1) is 0 Å². The summed E-state index contributed by atoms with van der Waals surface area (Å²) in [6.07, 6.45) is 0.948. The SMILES string of the molecule is CC(=O)O[C@H]1C=C[C@H]2O[C@H]2[C@]1(O)C[C@H]1COC(C)(C)N1C(=O)OCC(Cl)(Cl)Cl. The number of hydrogen-bond acceptors (Lipinski definition) is 7. The molecule has 0 aromatic heterocycles. The Morgan fingerprint density at radius 2 is 2.00 bits per heavy atom. The monoisotopic (exact) mass is 457 g/mol. The van der Waals surface area contributed by atoms with Crippen LogP contribution in [0.2, 0.25) is 0 Å². The number of carbonyl (C=O) groups excluding carboxylic acids is 2. The van der Waals surface area contributed by atoms with Crippen molar-refractivity contribution in [1.29, 1.82) is 0 Å². The van der Waals surface area contributed by atoms with Crippen molar-refractivity contribution in [2.24, 2.45) is 0 Å². The number of nitrogens with zero attached hydrogens (tertiary/aromatic N) is 1. The van der Waals surface area contributed by atoms with Gasteiger partial charge >= 0.3 is 12.1 Å². The number of halogens is 3. The van der Waals surface area contributed by atoms with Crippen LogP contribution >= 0.6 is 34.8 Å². The van der Waals surface area contributed by atoms with Crippen LogP contribution in [0.15, 0.2) is 12.2 Å². The zero-order chi connectivity index (χ0) is 20.9. The van der Waals surface area contributed by atoms with Gasteiger partial charge in [0.25, 0.3) is 0 Å². The molecule has 1 amide bonds. The smallest absolute Gasteiger partial charge is 0.412 e. The van der Waals surface area contributed by atoms with Crippen LogP contribution in [0.1, 0.15) is 27.2 Å². The summed E-state index contributed by atoms with van der Waals surface area (Å²) in [5.41, 5.74) is -2.52. The second kappa shape index (κ2) is 7.49. The van der Waals surface area contributed by atoms with E-state index in [4.69, 9.17) is 53.8 Å². The fourth-order valence-corrected chi connectivity index (χ4v) is 3.92. The van der Waals surface area contributed by atoms with Gasteiger partial charge < -0.3 is 24.1 Å². The third kappa shape index (κ3) is 4.52. The van der Waals surface area contributed by atoms with E-state index in [9.17, 15) is 14.7 Å². The lowest BCUT2D eigenvalue weighted by Crippen LogP contribution is -2.57. The van der Waals surface area contributed by atoms with Crippen LogP contribution in [-0.4, -0.2) is 74.8 Å². The van der Waals surface area contributed by atoms with Crippen molar-refractivity contribution in [2.45, 2.75) is 66.7 Å². The van der Waals surface area contributed by atoms with E-state index in [1.54, 1.807) is 26.0 Å². The van der Waals surface area contributed by atoms with E-state index in [-0.39, 0.29) is 19.1 Å². The van der Waals surface area contributed by atoms with Gasteiger partial charge in [0.1, 0.15) is 30.1 Å². The minimum atomic E-state index is -1.75. The molecule has 3 aliphatic rings. The second-order valence-corrected chi connectivity index (χ2v) is 10.1. The lowest BCUT2D eigenvalue weighted by Gasteiger charge is -2.39. The number of hydrogen-bond donors (Lipinski definition) is 1. The number of epoxide rings is 1. The average molecular weight is 459 g/mol. The minimum Gasteiger partial charge on any atom is -0.455 e. The van der Waals surface area contributed by atoms with Gasteiger partial charge in [0.05, 0.1) is 12.6 Å². The van der Waals surface area contributed by atoms with Gasteiger partial charge in [0, 0.05) is 13.3 Å². The molecule has 0 saturated carbocycles. The molecule has 2 aliphatic heterocycles. The number of esters is 1. The van der Waals surface area contributed by atoms with Crippen molar-refractivity contribution in [2.75, 3.05) is 13.2 Å². The lowest BCUT2D eigenvalue weighted by molar-refractivity contribution is -0.162. The molecule has 1 aliphatic carbocycles. The highest BCUT2D eigenvalue weighted by molar-refractivity contribution is 6.67. The fourth-order valence-electron chi connectivity index (χ4n) is 3.76. The zero-order valence-electron chi connectivity index (χ0n) is 15.6. The molecule has 0 bridgehead atoms. The second-order valence-electron chi connectivity index (χ2n) is 7.58. The highest BCUT2D eigenvalue weighted by Crippen LogP contribution is 2.45. The summed E-state index contributed by atoms with van der Waals surface area (Å²) in [5, 5.41) is 11.3. The number of aliphatic hydroxyl groups is 1. The Bertz CT molecular complexity index is 680. The van der Waals surface area contributed by atoms with E-state index in [0.29, 0.717) is 0 Å². The normalized spacial score (nSPS) is 36.0. The van der Waals surface area contributed by atoms with Crippen LogP contribution in [0.25, 0.3) is 0 Å². The van der Waals surface area contributed by atoms with Crippen molar-refractivity contribution in [1.82, 2.24) is 4.90 Å². The Hall–Kier alpha value is -0.770. The van der Waals surface area contributed by atoms with Gasteiger partial charge in [0.2, 0.25) is 3.79 Å². The van der Waals surface area contributed by atoms with Crippen molar-refractivity contribution in [3.63, 3.8) is 0 Å². The maximum absolute atomic E-state index is 12.7. The topological polar surface area (TPSA) is 97.8 Å². The summed E-state index contributed by atoms with van der Waals surface area (Å²) in [4.78, 5) is 25.5. The Morgan fingerprint density at radius 1 is 1.32 bits per heavy atom. The molecular formula is C17H22Cl3NO7. The first-order chi connectivity index (χ1) is 12.8. The zero-order valence-corrected chi connectivity index (χ0v) is 17.8. The van der Waals surface area contributed by atoms with Gasteiger partial charge in [-0.1, -0.05) is 40.9 Å². The third-order valence-corrected chi connectivity index (χ3v) is 5.30. The minimum absolute atomic E-state index is 0.0444. The maximum atomic E-state index is 12.7. The third-order valence-electron chi connectivity index (χ3n) is 4.97. The van der Waals surface area contributed by atoms with Crippen molar-refractivity contribution < 1.29 is 33.6 Å². The highest BCUT2D eigenvalue weighted by Gasteiger charge is 2.62. The van der Waals surface area contributed by atoms with Gasteiger partial charge in [-0.25, -0.2) is 4.79 Å². The molecule has 0 unspecified atom stereocenters. The van der Waals surface area contributed by atoms with E-state index in [2.05, 4.69) is 0 Å². The number of amides is 1. The number of carbonyl (C=O) groups is 2. The van der Waals surface area contributed by atoms with Crippen LogP contribution in [0.4, 0.5) is 4.79 Å². The quantitative estimate of drug-likeness (QED) is 0.299. The molecule has 0 spiro atoms. The first kappa shape index (κ1) is 21.9. The number of ether oxygens (including phenoxy) is 4. The van der Waals surface area contributed by atoms with E-state index in [0.717, 1.165) is 0 Å². The summed E-state index contributed by atoms with van der Waals surface area (Å²) in [7, 11) is 0. The summed E-state index contributed by atoms with van der Waals surface area (Å²) in [6, 6.07) is -0.572. The van der Waals surface area contributed by atoms with Gasteiger partial charge in [-0.3, -0.25) is 9.69 Å². The van der Waals surface area contributed by atoms with Gasteiger partial charge in [-0.2, -0.15) is 0 Å². The molecule has 2 heterocycles. The fraction of sp³-hybridized carbons (Fsp3) is 0.765. The average Bonchev–Trinajstić information content (AvgIpc) is 3.28. The number of rotatable bonds is 4. The molecule has 0 aromatic carbocycles. The first-order valence-electron chi connectivity index (χ1n) is 8.74. The van der Waals surface area contributed by atoms with Crippen LogP contribution < -0.4 is 0 Å². The molecule has 0 aromatic rings. The summed E-state index contributed by atoms with van der Waals surface area (Å²) in [6.45, 7) is 4.35. The van der Waals surface area contributed by atoms with Gasteiger partial charge in [-0.05, 0) is 19.9 Å². The Kier molecular flexibility index (Phi) is 5.86. The first-order valence-corrected chi connectivity index (χ1v) is 9.87. The Morgan fingerprint density at radius 3 is 2.61 bits per heavy atom. The molecule has 158 valence electrons. The highest BCUT2D eigenvalue weighted by atomic mass is 35.6. The molecule has 3 rings (SSSR count). The van der Waals surface area contributed by atoms with Gasteiger partial charge in [-0.15, -0.1) is 0 Å². The van der Waals surface area contributed by atoms with Crippen LogP contribution in [0.5, 0.6) is 0 Å². The molecule has 2 fully saturated rings. The largest absolute Gasteiger partial charge is 0.455 e. The molecular weight excluding hydrogens is 437 g/mol. The van der Waals surface area contributed by atoms with E-state index < -0.39 is 52.0 Å². The van der Waals surface area contributed by atoms with Crippen molar-refractivity contribution in [3.8, 4) is 0 Å². The molecule has 28 heavy (non-hydrogen) atoms. The lowest BCUT2D eigenvalue weighted by atomic mass is 9.81. The molecule has 11 heteroatoms.